The third kappa shape index (κ3) is 3.25. The first kappa shape index (κ1) is 15.1. The number of aliphatic hydroxyl groups is 1. The summed E-state index contributed by atoms with van der Waals surface area (Å²) in [5, 5.41) is 10.1. The molecule has 0 aliphatic carbocycles. The van der Waals surface area contributed by atoms with E-state index in [4.69, 9.17) is 10.5 Å². The first-order valence-corrected chi connectivity index (χ1v) is 7.43. The molecule has 3 N–H and O–H groups in total. The number of fused-ring (bicyclic) bond motifs is 1. The van der Waals surface area contributed by atoms with Crippen molar-refractivity contribution in [2.24, 2.45) is 5.73 Å². The number of hydrogen-bond donors (Lipinski definition) is 2. The van der Waals surface area contributed by atoms with Crippen molar-refractivity contribution in [3.63, 3.8) is 0 Å². The number of nitrogens with zero attached hydrogens (tertiary/aromatic N) is 1. The van der Waals surface area contributed by atoms with Crippen LogP contribution in [-0.4, -0.2) is 30.3 Å². The van der Waals surface area contributed by atoms with E-state index in [1.54, 1.807) is 0 Å². The van der Waals surface area contributed by atoms with E-state index < -0.39 is 6.10 Å². The number of aliphatic hydroxyl groups excluding tert-OH is 1. The molecule has 0 amide bonds. The van der Waals surface area contributed by atoms with Crippen molar-refractivity contribution in [3.05, 3.63) is 23.8 Å². The number of rotatable bonds is 5. The molecule has 4 heteroatoms. The van der Waals surface area contributed by atoms with Crippen LogP contribution in [0.3, 0.4) is 0 Å². The van der Waals surface area contributed by atoms with Gasteiger partial charge in [-0.05, 0) is 50.9 Å². The molecule has 1 aliphatic heterocycles. The van der Waals surface area contributed by atoms with Crippen molar-refractivity contribution >= 4 is 5.69 Å². The Bertz CT molecular complexity index is 460. The number of nitrogens with two attached hydrogens (primary N) is 1. The SMILES string of the molecule is CCCN1CC(C)(C)Oc2ccc(C(O)CCN)cc21. The largest absolute Gasteiger partial charge is 0.484 e. The molecular weight excluding hydrogens is 252 g/mol. The molecule has 0 spiro atoms. The van der Waals surface area contributed by atoms with E-state index in [1.165, 1.54) is 0 Å². The van der Waals surface area contributed by atoms with Crippen LogP contribution in [0.4, 0.5) is 5.69 Å². The van der Waals surface area contributed by atoms with E-state index in [2.05, 4.69) is 25.7 Å². The van der Waals surface area contributed by atoms with Gasteiger partial charge in [-0.2, -0.15) is 0 Å². The summed E-state index contributed by atoms with van der Waals surface area (Å²) in [6, 6.07) is 5.94. The van der Waals surface area contributed by atoms with Crippen LogP contribution < -0.4 is 15.4 Å². The zero-order valence-electron chi connectivity index (χ0n) is 12.7. The van der Waals surface area contributed by atoms with Gasteiger partial charge in [0.15, 0.2) is 0 Å². The first-order valence-electron chi connectivity index (χ1n) is 7.43. The lowest BCUT2D eigenvalue weighted by molar-refractivity contribution is 0.105. The lowest BCUT2D eigenvalue weighted by Gasteiger charge is -2.41. The van der Waals surface area contributed by atoms with Crippen LogP contribution in [0, 0.1) is 0 Å². The molecule has 0 saturated carbocycles. The highest BCUT2D eigenvalue weighted by molar-refractivity contribution is 5.62. The predicted molar refractivity (Wildman–Crippen MR) is 82.3 cm³/mol. The van der Waals surface area contributed by atoms with Crippen LogP contribution in [0.5, 0.6) is 5.75 Å². The Morgan fingerprint density at radius 3 is 2.85 bits per heavy atom. The maximum absolute atomic E-state index is 10.1. The minimum Gasteiger partial charge on any atom is -0.484 e. The van der Waals surface area contributed by atoms with Gasteiger partial charge in [-0.15, -0.1) is 0 Å². The van der Waals surface area contributed by atoms with E-state index in [0.29, 0.717) is 13.0 Å². The van der Waals surface area contributed by atoms with E-state index in [0.717, 1.165) is 36.5 Å². The highest BCUT2D eigenvalue weighted by Gasteiger charge is 2.31. The molecule has 1 aromatic rings. The Morgan fingerprint density at radius 2 is 2.20 bits per heavy atom. The van der Waals surface area contributed by atoms with Crippen LogP contribution in [0.25, 0.3) is 0 Å². The van der Waals surface area contributed by atoms with Crippen LogP contribution in [0.1, 0.15) is 45.3 Å². The monoisotopic (exact) mass is 278 g/mol. The number of ether oxygens (including phenoxy) is 1. The lowest BCUT2D eigenvalue weighted by atomic mass is 10.0. The Labute approximate surface area is 121 Å². The fourth-order valence-electron chi connectivity index (χ4n) is 2.74. The molecule has 1 heterocycles. The summed E-state index contributed by atoms with van der Waals surface area (Å²) < 4.78 is 6.04. The average Bonchev–Trinajstić information content (AvgIpc) is 2.37. The quantitative estimate of drug-likeness (QED) is 0.868. The van der Waals surface area contributed by atoms with E-state index in [-0.39, 0.29) is 5.60 Å². The van der Waals surface area contributed by atoms with Crippen molar-refractivity contribution in [2.75, 3.05) is 24.5 Å². The fraction of sp³-hybridized carbons (Fsp3) is 0.625. The van der Waals surface area contributed by atoms with Gasteiger partial charge < -0.3 is 20.5 Å². The standard InChI is InChI=1S/C16H26N2O2/c1-4-9-18-11-16(2,3)20-15-6-5-12(10-13(15)18)14(19)7-8-17/h5-6,10,14,19H,4,7-9,11,17H2,1-3H3. The van der Waals surface area contributed by atoms with Crippen LogP contribution in [-0.2, 0) is 0 Å². The molecular formula is C16H26N2O2. The molecule has 112 valence electrons. The molecule has 2 rings (SSSR count). The molecule has 1 unspecified atom stereocenters. The first-order chi connectivity index (χ1) is 9.46. The summed E-state index contributed by atoms with van der Waals surface area (Å²) in [7, 11) is 0. The lowest BCUT2D eigenvalue weighted by Crippen LogP contribution is -2.47. The molecule has 1 atom stereocenters. The minimum absolute atomic E-state index is 0.181. The Balaban J connectivity index is 2.32. The van der Waals surface area contributed by atoms with Crippen LogP contribution in [0.15, 0.2) is 18.2 Å². The fourth-order valence-corrected chi connectivity index (χ4v) is 2.74. The molecule has 0 aromatic heterocycles. The third-order valence-electron chi connectivity index (χ3n) is 3.60. The molecule has 1 aliphatic rings. The highest BCUT2D eigenvalue weighted by atomic mass is 16.5. The van der Waals surface area contributed by atoms with E-state index >= 15 is 0 Å². The average molecular weight is 278 g/mol. The van der Waals surface area contributed by atoms with Crippen molar-refractivity contribution in [1.29, 1.82) is 0 Å². The number of anilines is 1. The summed E-state index contributed by atoms with van der Waals surface area (Å²) in [5.41, 5.74) is 7.34. The second-order valence-electron chi connectivity index (χ2n) is 6.10. The van der Waals surface area contributed by atoms with Crippen molar-refractivity contribution in [2.45, 2.75) is 45.3 Å². The summed E-state index contributed by atoms with van der Waals surface area (Å²) >= 11 is 0. The van der Waals surface area contributed by atoms with Gasteiger partial charge >= 0.3 is 0 Å². The van der Waals surface area contributed by atoms with Gasteiger partial charge in [0.2, 0.25) is 0 Å². The minimum atomic E-state index is -0.497. The van der Waals surface area contributed by atoms with Crippen molar-refractivity contribution in [1.82, 2.24) is 0 Å². The molecule has 20 heavy (non-hydrogen) atoms. The molecule has 0 saturated heterocycles. The summed E-state index contributed by atoms with van der Waals surface area (Å²) in [5.74, 6) is 0.901. The smallest absolute Gasteiger partial charge is 0.143 e. The molecule has 0 radical (unpaired) electrons. The normalized spacial score (nSPS) is 18.4. The maximum atomic E-state index is 10.1. The van der Waals surface area contributed by atoms with Gasteiger partial charge in [0, 0.05) is 6.54 Å². The zero-order valence-corrected chi connectivity index (χ0v) is 12.7. The van der Waals surface area contributed by atoms with E-state index in [1.807, 2.05) is 18.2 Å². The van der Waals surface area contributed by atoms with Gasteiger partial charge in [-0.1, -0.05) is 13.0 Å². The van der Waals surface area contributed by atoms with E-state index in [9.17, 15) is 5.11 Å². The van der Waals surface area contributed by atoms with Crippen LogP contribution in [0.2, 0.25) is 0 Å². The topological polar surface area (TPSA) is 58.7 Å². The second-order valence-corrected chi connectivity index (χ2v) is 6.10. The van der Waals surface area contributed by atoms with Crippen molar-refractivity contribution in [3.8, 4) is 5.75 Å². The summed E-state index contributed by atoms with van der Waals surface area (Å²) in [4.78, 5) is 2.34. The van der Waals surface area contributed by atoms with Gasteiger partial charge in [0.1, 0.15) is 11.4 Å². The van der Waals surface area contributed by atoms with Crippen molar-refractivity contribution < 1.29 is 9.84 Å². The Kier molecular flexibility index (Phi) is 4.55. The highest BCUT2D eigenvalue weighted by Crippen LogP contribution is 2.38. The number of hydrogen-bond acceptors (Lipinski definition) is 4. The van der Waals surface area contributed by atoms with Gasteiger partial charge in [-0.25, -0.2) is 0 Å². The third-order valence-corrected chi connectivity index (χ3v) is 3.60. The Morgan fingerprint density at radius 1 is 1.45 bits per heavy atom. The molecule has 0 fully saturated rings. The molecule has 4 nitrogen and oxygen atoms in total. The van der Waals surface area contributed by atoms with Crippen LogP contribution >= 0.6 is 0 Å². The second kappa shape index (κ2) is 6.02. The maximum Gasteiger partial charge on any atom is 0.143 e. The molecule has 0 bridgehead atoms. The van der Waals surface area contributed by atoms with Gasteiger partial charge in [0.25, 0.3) is 0 Å². The predicted octanol–water partition coefficient (Wildman–Crippen LogP) is 2.46. The summed E-state index contributed by atoms with van der Waals surface area (Å²) in [6.07, 6.45) is 1.17. The number of benzene rings is 1. The molecule has 1 aromatic carbocycles. The summed E-state index contributed by atoms with van der Waals surface area (Å²) in [6.45, 7) is 8.74. The Hall–Kier alpha value is -1.26. The zero-order chi connectivity index (χ0) is 14.8. The van der Waals surface area contributed by atoms with Gasteiger partial charge in [0.05, 0.1) is 18.3 Å². The van der Waals surface area contributed by atoms with Gasteiger partial charge in [-0.3, -0.25) is 0 Å².